The standard InChI is InChI=1S/C12H17N5O2/c1-8-6-10(16-13)9(7-15-8)12(19)17-4-2-11(18)14-3-5-17/h6-7H,2-5,13H2,1H3,(H,14,18)(H,15,16). The minimum Gasteiger partial charge on any atom is -0.354 e. The van der Waals surface area contributed by atoms with Crippen molar-refractivity contribution in [3.8, 4) is 0 Å². The Morgan fingerprint density at radius 2 is 2.32 bits per heavy atom. The maximum atomic E-state index is 12.4. The molecule has 7 heteroatoms. The average Bonchev–Trinajstić information content (AvgIpc) is 2.62. The summed E-state index contributed by atoms with van der Waals surface area (Å²) in [6.07, 6.45) is 1.82. The fourth-order valence-corrected chi connectivity index (χ4v) is 1.99. The number of hydrogen-bond acceptors (Lipinski definition) is 5. The molecule has 0 aromatic carbocycles. The van der Waals surface area contributed by atoms with Crippen LogP contribution in [0.15, 0.2) is 12.3 Å². The van der Waals surface area contributed by atoms with E-state index in [-0.39, 0.29) is 11.8 Å². The molecule has 1 aliphatic rings. The lowest BCUT2D eigenvalue weighted by Gasteiger charge is -2.20. The van der Waals surface area contributed by atoms with Crippen LogP contribution in [0.5, 0.6) is 0 Å². The van der Waals surface area contributed by atoms with Crippen molar-refractivity contribution in [3.63, 3.8) is 0 Å². The Kier molecular flexibility index (Phi) is 3.96. The molecule has 0 aliphatic carbocycles. The van der Waals surface area contributed by atoms with E-state index in [9.17, 15) is 9.59 Å². The number of carbonyl (C=O) groups is 2. The van der Waals surface area contributed by atoms with Gasteiger partial charge in [-0.15, -0.1) is 0 Å². The van der Waals surface area contributed by atoms with E-state index < -0.39 is 0 Å². The number of rotatable bonds is 2. The number of anilines is 1. The number of nitrogens with zero attached hydrogens (tertiary/aromatic N) is 2. The van der Waals surface area contributed by atoms with Crippen LogP contribution >= 0.6 is 0 Å². The van der Waals surface area contributed by atoms with Crippen LogP contribution in [0.4, 0.5) is 5.69 Å². The first kappa shape index (κ1) is 13.3. The molecule has 0 saturated carbocycles. The summed E-state index contributed by atoms with van der Waals surface area (Å²) in [5.41, 5.74) is 4.25. The summed E-state index contributed by atoms with van der Waals surface area (Å²) in [6, 6.07) is 1.72. The Bertz CT molecular complexity index is 503. The van der Waals surface area contributed by atoms with Crippen molar-refractivity contribution in [2.45, 2.75) is 13.3 Å². The zero-order valence-corrected chi connectivity index (χ0v) is 10.8. The molecule has 0 spiro atoms. The molecule has 2 rings (SSSR count). The molecule has 102 valence electrons. The topological polar surface area (TPSA) is 100 Å². The Balaban J connectivity index is 2.21. The molecular weight excluding hydrogens is 246 g/mol. The van der Waals surface area contributed by atoms with Crippen LogP contribution in [0, 0.1) is 6.92 Å². The number of nitrogens with two attached hydrogens (primary N) is 1. The highest BCUT2D eigenvalue weighted by molar-refractivity contribution is 5.99. The highest BCUT2D eigenvalue weighted by atomic mass is 16.2. The predicted molar refractivity (Wildman–Crippen MR) is 70.3 cm³/mol. The van der Waals surface area contributed by atoms with E-state index in [2.05, 4.69) is 15.7 Å². The molecule has 1 aliphatic heterocycles. The van der Waals surface area contributed by atoms with E-state index in [4.69, 9.17) is 5.84 Å². The third kappa shape index (κ3) is 3.00. The van der Waals surface area contributed by atoms with E-state index in [0.717, 1.165) is 5.69 Å². The van der Waals surface area contributed by atoms with Crippen molar-refractivity contribution in [2.24, 2.45) is 5.84 Å². The summed E-state index contributed by atoms with van der Waals surface area (Å²) in [4.78, 5) is 29.4. The van der Waals surface area contributed by atoms with Gasteiger partial charge in [0.1, 0.15) is 0 Å². The number of carbonyl (C=O) groups excluding carboxylic acids is 2. The maximum Gasteiger partial charge on any atom is 0.257 e. The van der Waals surface area contributed by atoms with Crippen molar-refractivity contribution >= 4 is 17.5 Å². The third-order valence-electron chi connectivity index (χ3n) is 3.03. The van der Waals surface area contributed by atoms with Crippen LogP contribution < -0.4 is 16.6 Å². The van der Waals surface area contributed by atoms with Gasteiger partial charge in [0, 0.05) is 37.9 Å². The fraction of sp³-hybridized carbons (Fsp3) is 0.417. The van der Waals surface area contributed by atoms with Crippen LogP contribution in [0.25, 0.3) is 0 Å². The van der Waals surface area contributed by atoms with Gasteiger partial charge in [-0.05, 0) is 13.0 Å². The minimum atomic E-state index is -0.169. The van der Waals surface area contributed by atoms with Crippen molar-refractivity contribution in [1.29, 1.82) is 0 Å². The van der Waals surface area contributed by atoms with Gasteiger partial charge in [-0.1, -0.05) is 0 Å². The minimum absolute atomic E-state index is 0.0329. The normalized spacial score (nSPS) is 15.7. The van der Waals surface area contributed by atoms with Gasteiger partial charge in [0.15, 0.2) is 0 Å². The molecule has 0 unspecified atom stereocenters. The molecule has 7 nitrogen and oxygen atoms in total. The largest absolute Gasteiger partial charge is 0.354 e. The highest BCUT2D eigenvalue weighted by Crippen LogP contribution is 2.17. The van der Waals surface area contributed by atoms with E-state index in [1.54, 1.807) is 11.0 Å². The van der Waals surface area contributed by atoms with Crippen LogP contribution in [0.2, 0.25) is 0 Å². The second-order valence-electron chi connectivity index (χ2n) is 4.41. The smallest absolute Gasteiger partial charge is 0.257 e. The van der Waals surface area contributed by atoms with Gasteiger partial charge in [0.25, 0.3) is 5.91 Å². The first-order chi connectivity index (χ1) is 9.11. The van der Waals surface area contributed by atoms with E-state index in [0.29, 0.717) is 37.3 Å². The Hall–Kier alpha value is -2.15. The zero-order chi connectivity index (χ0) is 13.8. The number of hydrogen-bond donors (Lipinski definition) is 3. The number of nitrogens with one attached hydrogen (secondary N) is 2. The van der Waals surface area contributed by atoms with Crippen molar-refractivity contribution in [3.05, 3.63) is 23.5 Å². The quantitative estimate of drug-likeness (QED) is 0.499. The van der Waals surface area contributed by atoms with Crippen molar-refractivity contribution in [1.82, 2.24) is 15.2 Å². The molecular formula is C12H17N5O2. The highest BCUT2D eigenvalue weighted by Gasteiger charge is 2.22. The summed E-state index contributed by atoms with van der Waals surface area (Å²) >= 11 is 0. The molecule has 0 bridgehead atoms. The molecule has 1 aromatic heterocycles. The van der Waals surface area contributed by atoms with Gasteiger partial charge in [-0.2, -0.15) is 0 Å². The van der Waals surface area contributed by atoms with Gasteiger partial charge < -0.3 is 15.6 Å². The molecule has 4 N–H and O–H groups in total. The van der Waals surface area contributed by atoms with Gasteiger partial charge in [0.2, 0.25) is 5.91 Å². The monoisotopic (exact) mass is 263 g/mol. The second-order valence-corrected chi connectivity index (χ2v) is 4.41. The molecule has 19 heavy (non-hydrogen) atoms. The molecule has 1 saturated heterocycles. The second kappa shape index (κ2) is 5.66. The average molecular weight is 263 g/mol. The van der Waals surface area contributed by atoms with Gasteiger partial charge in [0.05, 0.1) is 11.3 Å². The third-order valence-corrected chi connectivity index (χ3v) is 3.03. The Morgan fingerprint density at radius 1 is 1.53 bits per heavy atom. The summed E-state index contributed by atoms with van der Waals surface area (Å²) < 4.78 is 0. The maximum absolute atomic E-state index is 12.4. The van der Waals surface area contributed by atoms with Crippen LogP contribution in [0.1, 0.15) is 22.5 Å². The van der Waals surface area contributed by atoms with Crippen LogP contribution in [0.3, 0.4) is 0 Å². The summed E-state index contributed by atoms with van der Waals surface area (Å²) in [7, 11) is 0. The molecule has 0 radical (unpaired) electrons. The van der Waals surface area contributed by atoms with E-state index >= 15 is 0 Å². The van der Waals surface area contributed by atoms with E-state index in [1.807, 2.05) is 6.92 Å². The number of hydrazine groups is 1. The van der Waals surface area contributed by atoms with E-state index in [1.165, 1.54) is 6.20 Å². The van der Waals surface area contributed by atoms with Gasteiger partial charge in [-0.3, -0.25) is 20.4 Å². The zero-order valence-electron chi connectivity index (χ0n) is 10.8. The lowest BCUT2D eigenvalue weighted by atomic mass is 10.2. The molecule has 1 fully saturated rings. The SMILES string of the molecule is Cc1cc(NN)c(C(=O)N2CCNC(=O)CC2)cn1. The Morgan fingerprint density at radius 3 is 3.05 bits per heavy atom. The fourth-order valence-electron chi connectivity index (χ4n) is 1.99. The summed E-state index contributed by atoms with van der Waals surface area (Å²) in [5, 5.41) is 2.73. The summed E-state index contributed by atoms with van der Waals surface area (Å²) in [5.74, 6) is 5.22. The van der Waals surface area contributed by atoms with Crippen LogP contribution in [-0.2, 0) is 4.79 Å². The molecule has 2 amide bonds. The number of pyridine rings is 1. The number of amides is 2. The predicted octanol–water partition coefficient (Wildman–Crippen LogP) is -0.362. The van der Waals surface area contributed by atoms with Crippen molar-refractivity contribution in [2.75, 3.05) is 25.1 Å². The van der Waals surface area contributed by atoms with Gasteiger partial charge >= 0.3 is 0 Å². The summed E-state index contributed by atoms with van der Waals surface area (Å²) in [6.45, 7) is 3.18. The van der Waals surface area contributed by atoms with Crippen molar-refractivity contribution < 1.29 is 9.59 Å². The number of aromatic nitrogens is 1. The van der Waals surface area contributed by atoms with Gasteiger partial charge in [-0.25, -0.2) is 0 Å². The lowest BCUT2D eigenvalue weighted by molar-refractivity contribution is -0.120. The first-order valence-corrected chi connectivity index (χ1v) is 6.11. The first-order valence-electron chi connectivity index (χ1n) is 6.11. The molecule has 1 aromatic rings. The number of nitrogen functional groups attached to an aromatic ring is 1. The number of aryl methyl sites for hydroxylation is 1. The Labute approximate surface area is 111 Å². The molecule has 0 atom stereocenters. The van der Waals surface area contributed by atoms with Crippen LogP contribution in [-0.4, -0.2) is 41.3 Å². The lowest BCUT2D eigenvalue weighted by Crippen LogP contribution is -2.35. The molecule has 2 heterocycles.